The van der Waals surface area contributed by atoms with Gasteiger partial charge in [-0.25, -0.2) is 0 Å². The largest absolute Gasteiger partial charge is 0.379 e. The van der Waals surface area contributed by atoms with Crippen LogP contribution in [0.4, 0.5) is 0 Å². The van der Waals surface area contributed by atoms with Gasteiger partial charge in [-0.05, 0) is 24.3 Å². The predicted molar refractivity (Wildman–Crippen MR) is 117 cm³/mol. The minimum absolute atomic E-state index is 0.0375. The number of H-pyrrole nitrogens is 1. The topological polar surface area (TPSA) is 87.3 Å². The summed E-state index contributed by atoms with van der Waals surface area (Å²) in [6.07, 6.45) is 2.55. The van der Waals surface area contributed by atoms with Crippen molar-refractivity contribution in [3.05, 3.63) is 65.5 Å². The van der Waals surface area contributed by atoms with Crippen LogP contribution in [-0.2, 0) is 11.2 Å². The quantitative estimate of drug-likeness (QED) is 0.624. The third-order valence-corrected chi connectivity index (χ3v) is 5.83. The Balaban J connectivity index is 1.39. The second-order valence-electron chi connectivity index (χ2n) is 7.90. The Hall–Kier alpha value is -3.29. The normalized spacial score (nSPS) is 16.6. The minimum Gasteiger partial charge on any atom is -0.379 e. The van der Waals surface area contributed by atoms with Crippen LogP contribution in [-0.4, -0.2) is 66.0 Å². The van der Waals surface area contributed by atoms with Gasteiger partial charge in [0.05, 0.1) is 31.0 Å². The van der Waals surface area contributed by atoms with Gasteiger partial charge in [-0.2, -0.15) is 0 Å². The first kappa shape index (κ1) is 19.7. The van der Waals surface area contributed by atoms with Gasteiger partial charge in [0.25, 0.3) is 5.91 Å². The number of fused-ring (bicyclic) bond motifs is 1. The molecular formula is C24H24N4O3. The van der Waals surface area contributed by atoms with Gasteiger partial charge in [-0.3, -0.25) is 19.5 Å². The first-order valence-corrected chi connectivity index (χ1v) is 10.6. The first-order valence-electron chi connectivity index (χ1n) is 10.6. The zero-order valence-electron chi connectivity index (χ0n) is 17.2. The zero-order chi connectivity index (χ0) is 21.2. The summed E-state index contributed by atoms with van der Waals surface area (Å²) in [5, 5.41) is 2.87. The van der Waals surface area contributed by atoms with E-state index in [4.69, 9.17) is 4.74 Å². The van der Waals surface area contributed by atoms with Gasteiger partial charge in [-0.1, -0.05) is 18.2 Å². The van der Waals surface area contributed by atoms with Crippen LogP contribution in [0.2, 0.25) is 0 Å². The molecule has 2 aliphatic heterocycles. The number of aromatic amines is 1. The molecule has 7 heteroatoms. The summed E-state index contributed by atoms with van der Waals surface area (Å²) in [5.41, 5.74) is 5.88. The second-order valence-corrected chi connectivity index (χ2v) is 7.90. The highest BCUT2D eigenvalue weighted by molar-refractivity contribution is 5.99. The molecule has 1 aromatic carbocycles. The van der Waals surface area contributed by atoms with Crippen LogP contribution < -0.4 is 5.32 Å². The molecule has 0 saturated carbocycles. The van der Waals surface area contributed by atoms with Crippen molar-refractivity contribution in [1.29, 1.82) is 0 Å². The van der Waals surface area contributed by atoms with Crippen molar-refractivity contribution in [1.82, 2.24) is 20.2 Å². The van der Waals surface area contributed by atoms with Crippen molar-refractivity contribution in [2.45, 2.75) is 6.42 Å². The molecule has 0 atom stereocenters. The van der Waals surface area contributed by atoms with E-state index in [9.17, 15) is 9.59 Å². The molecule has 2 aliphatic rings. The lowest BCUT2D eigenvalue weighted by molar-refractivity contribution is 0.0371. The van der Waals surface area contributed by atoms with Crippen LogP contribution in [0.1, 0.15) is 26.4 Å². The van der Waals surface area contributed by atoms with E-state index in [2.05, 4.69) is 20.2 Å². The Morgan fingerprint density at radius 2 is 1.97 bits per heavy atom. The van der Waals surface area contributed by atoms with Gasteiger partial charge in [0.15, 0.2) is 5.78 Å². The smallest absolute Gasteiger partial charge is 0.253 e. The number of carbonyl (C=O) groups excluding carboxylic acids is 2. The van der Waals surface area contributed by atoms with E-state index in [0.717, 1.165) is 47.7 Å². The molecule has 3 aromatic rings. The molecule has 31 heavy (non-hydrogen) atoms. The number of carbonyl (C=O) groups is 2. The molecule has 0 unspecified atom stereocenters. The van der Waals surface area contributed by atoms with Crippen LogP contribution in [0.3, 0.4) is 0 Å². The fourth-order valence-corrected chi connectivity index (χ4v) is 4.11. The van der Waals surface area contributed by atoms with Gasteiger partial charge >= 0.3 is 0 Å². The maximum atomic E-state index is 12.8. The van der Waals surface area contributed by atoms with E-state index < -0.39 is 0 Å². The number of ketones is 1. The molecule has 1 amide bonds. The fraction of sp³-hybridized carbons (Fsp3) is 0.292. The minimum atomic E-state index is -0.0375. The summed E-state index contributed by atoms with van der Waals surface area (Å²) >= 11 is 0. The van der Waals surface area contributed by atoms with Crippen molar-refractivity contribution >= 4 is 11.7 Å². The summed E-state index contributed by atoms with van der Waals surface area (Å²) < 4.78 is 5.36. The Bertz CT molecular complexity index is 1130. The molecule has 4 heterocycles. The molecule has 158 valence electrons. The lowest BCUT2D eigenvalue weighted by Crippen LogP contribution is -2.39. The number of hydrogen-bond donors (Lipinski definition) is 2. The van der Waals surface area contributed by atoms with Gasteiger partial charge < -0.3 is 15.0 Å². The highest BCUT2D eigenvalue weighted by Crippen LogP contribution is 2.27. The number of ether oxygens (including phenoxy) is 1. The van der Waals surface area contributed by atoms with Crippen molar-refractivity contribution in [2.24, 2.45) is 0 Å². The van der Waals surface area contributed by atoms with Crippen molar-refractivity contribution < 1.29 is 14.3 Å². The monoisotopic (exact) mass is 416 g/mol. The number of rotatable bonds is 5. The first-order chi connectivity index (χ1) is 15.2. The van der Waals surface area contributed by atoms with Crippen molar-refractivity contribution in [2.75, 3.05) is 39.4 Å². The maximum Gasteiger partial charge on any atom is 0.253 e. The number of benzene rings is 1. The maximum absolute atomic E-state index is 12.8. The van der Waals surface area contributed by atoms with Gasteiger partial charge in [0.2, 0.25) is 0 Å². The summed E-state index contributed by atoms with van der Waals surface area (Å²) in [6, 6.07) is 13.4. The van der Waals surface area contributed by atoms with E-state index in [-0.39, 0.29) is 11.7 Å². The average molecular weight is 416 g/mol. The summed E-state index contributed by atoms with van der Waals surface area (Å²) in [5.74, 6) is 0.0625. The third kappa shape index (κ3) is 4.15. The highest BCUT2D eigenvalue weighted by atomic mass is 16.5. The number of nitrogens with zero attached hydrogens (tertiary/aromatic N) is 2. The van der Waals surface area contributed by atoms with Crippen LogP contribution in [0.15, 0.2) is 48.7 Å². The van der Waals surface area contributed by atoms with E-state index >= 15 is 0 Å². The molecule has 2 aromatic heterocycles. The molecule has 0 spiro atoms. The number of aromatic nitrogens is 2. The Labute approximate surface area is 180 Å². The fourth-order valence-electron chi connectivity index (χ4n) is 4.11. The Kier molecular flexibility index (Phi) is 5.36. The van der Waals surface area contributed by atoms with E-state index in [1.807, 2.05) is 42.5 Å². The number of amides is 1. The number of hydrogen-bond acceptors (Lipinski definition) is 5. The van der Waals surface area contributed by atoms with E-state index in [1.54, 1.807) is 6.20 Å². The van der Waals surface area contributed by atoms with Crippen LogP contribution in [0.5, 0.6) is 0 Å². The number of Topliss-reactive ketones (excluding diaryl/α,β-unsaturated/α-hetero) is 1. The van der Waals surface area contributed by atoms with Gasteiger partial charge in [0, 0.05) is 60.3 Å². The molecule has 7 nitrogen and oxygen atoms in total. The Morgan fingerprint density at radius 1 is 1.10 bits per heavy atom. The van der Waals surface area contributed by atoms with Crippen molar-refractivity contribution in [3.63, 3.8) is 0 Å². The third-order valence-electron chi connectivity index (χ3n) is 5.83. The van der Waals surface area contributed by atoms with E-state index in [0.29, 0.717) is 37.4 Å². The van der Waals surface area contributed by atoms with Crippen LogP contribution in [0, 0.1) is 0 Å². The lowest BCUT2D eigenvalue weighted by atomic mass is 10.0. The summed E-state index contributed by atoms with van der Waals surface area (Å²) in [6.45, 7) is 3.97. The number of pyridine rings is 1. The van der Waals surface area contributed by atoms with Gasteiger partial charge in [-0.15, -0.1) is 0 Å². The van der Waals surface area contributed by atoms with Gasteiger partial charge in [0.1, 0.15) is 0 Å². The molecule has 1 fully saturated rings. The lowest BCUT2D eigenvalue weighted by Gasteiger charge is -2.25. The van der Waals surface area contributed by atoms with Crippen LogP contribution >= 0.6 is 0 Å². The molecule has 5 rings (SSSR count). The Morgan fingerprint density at radius 3 is 2.81 bits per heavy atom. The SMILES string of the molecule is O=C(CN1CCOCC1)c1cccc(-c2cc(-c3cc4c([nH]3)CCNC4=O)ccn2)c1. The highest BCUT2D eigenvalue weighted by Gasteiger charge is 2.20. The van der Waals surface area contributed by atoms with E-state index in [1.165, 1.54) is 0 Å². The molecule has 2 N–H and O–H groups in total. The van der Waals surface area contributed by atoms with Crippen molar-refractivity contribution in [3.8, 4) is 22.5 Å². The number of morpholine rings is 1. The molecule has 0 aliphatic carbocycles. The zero-order valence-corrected chi connectivity index (χ0v) is 17.2. The molecular weight excluding hydrogens is 392 g/mol. The average Bonchev–Trinajstić information content (AvgIpc) is 3.26. The number of nitrogens with one attached hydrogen (secondary N) is 2. The molecule has 0 bridgehead atoms. The van der Waals surface area contributed by atoms with Crippen LogP contribution in [0.25, 0.3) is 22.5 Å². The molecule has 1 saturated heterocycles. The summed E-state index contributed by atoms with van der Waals surface area (Å²) in [7, 11) is 0. The summed E-state index contributed by atoms with van der Waals surface area (Å²) in [4.78, 5) is 34.9. The second kappa shape index (κ2) is 8.45. The standard InChI is InChI=1S/C24H24N4O3/c29-23(15-28-8-10-31-11-9-28)18-3-1-2-16(12-18)21-13-17(4-6-25-21)22-14-19-20(27-22)5-7-26-24(19)30/h1-4,6,12-14,27H,5,7-11,15H2,(H,26,30). The molecule has 0 radical (unpaired) electrons. The predicted octanol–water partition coefficient (Wildman–Crippen LogP) is 2.54.